The van der Waals surface area contributed by atoms with Crippen molar-refractivity contribution in [3.05, 3.63) is 75.8 Å². The summed E-state index contributed by atoms with van der Waals surface area (Å²) in [6.07, 6.45) is -0.502. The second kappa shape index (κ2) is 10.2. The van der Waals surface area contributed by atoms with Gasteiger partial charge in [-0.2, -0.15) is 10.5 Å². The Bertz CT molecular complexity index is 1310. The van der Waals surface area contributed by atoms with Gasteiger partial charge in [-0.05, 0) is 36.8 Å². The van der Waals surface area contributed by atoms with Crippen molar-refractivity contribution in [2.75, 3.05) is 5.73 Å². The predicted octanol–water partition coefficient (Wildman–Crippen LogP) is 4.85. The number of hydrogen-bond acceptors (Lipinski definition) is 7. The van der Waals surface area contributed by atoms with Crippen LogP contribution >= 0.6 is 23.4 Å². The number of rotatable bonds is 7. The Morgan fingerprint density at radius 1 is 1.09 bits per heavy atom. The van der Waals surface area contributed by atoms with Crippen LogP contribution in [0.4, 0.5) is 5.82 Å². The van der Waals surface area contributed by atoms with Crippen LogP contribution in [0.15, 0.2) is 53.6 Å². The Kier molecular flexibility index (Phi) is 7.34. The van der Waals surface area contributed by atoms with Crippen LogP contribution in [-0.2, 0) is 4.79 Å². The van der Waals surface area contributed by atoms with Gasteiger partial charge < -0.3 is 10.8 Å². The molecule has 2 aromatic carbocycles. The zero-order valence-corrected chi connectivity index (χ0v) is 18.9. The molecule has 0 radical (unpaired) electrons. The largest absolute Gasteiger partial charge is 0.481 e. The summed E-state index contributed by atoms with van der Waals surface area (Å²) < 4.78 is 0. The molecular weight excluding hydrogens is 460 g/mol. The van der Waals surface area contributed by atoms with Crippen LogP contribution in [0.2, 0.25) is 5.02 Å². The summed E-state index contributed by atoms with van der Waals surface area (Å²) in [5.41, 5.74) is 8.27. The van der Waals surface area contributed by atoms with Crippen molar-refractivity contribution in [3.63, 3.8) is 0 Å². The standard InChI is InChI=1S/C24H17ClN4O3S/c1-13-2-4-14(5-3-13)21-17(11-26)23(28)29-24(18(21)12-27)33-19(10-20(30)31)22(32)15-6-8-16(25)9-7-15/h2-9,19H,10H2,1H3,(H2,28,29)(H,30,31). The van der Waals surface area contributed by atoms with E-state index in [4.69, 9.17) is 17.3 Å². The third-order valence-corrected chi connectivity index (χ3v) is 6.23. The molecule has 3 aromatic rings. The van der Waals surface area contributed by atoms with Gasteiger partial charge in [-0.25, -0.2) is 4.98 Å². The van der Waals surface area contributed by atoms with Crippen molar-refractivity contribution in [1.29, 1.82) is 10.5 Å². The number of carboxylic acid groups (broad SMARTS) is 1. The van der Waals surface area contributed by atoms with Gasteiger partial charge in [0.05, 0.1) is 17.2 Å². The number of Topliss-reactive ketones (excluding diaryl/α,β-unsaturated/α-hetero) is 1. The van der Waals surface area contributed by atoms with Crippen molar-refractivity contribution >= 4 is 40.9 Å². The normalized spacial score (nSPS) is 11.3. The van der Waals surface area contributed by atoms with Crippen molar-refractivity contribution in [2.45, 2.75) is 23.6 Å². The van der Waals surface area contributed by atoms with Gasteiger partial charge in [-0.1, -0.05) is 53.2 Å². The van der Waals surface area contributed by atoms with Crippen LogP contribution in [0.5, 0.6) is 0 Å². The first-order valence-corrected chi connectivity index (χ1v) is 10.9. The highest BCUT2D eigenvalue weighted by molar-refractivity contribution is 8.00. The highest BCUT2D eigenvalue weighted by Crippen LogP contribution is 2.38. The molecule has 0 aliphatic heterocycles. The molecule has 0 bridgehead atoms. The van der Waals surface area contributed by atoms with E-state index in [1.54, 1.807) is 12.1 Å². The molecule has 0 aliphatic rings. The number of pyridine rings is 1. The van der Waals surface area contributed by atoms with E-state index in [1.165, 1.54) is 24.3 Å². The summed E-state index contributed by atoms with van der Waals surface area (Å²) in [5, 5.41) is 28.4. The average molecular weight is 477 g/mol. The van der Waals surface area contributed by atoms with Crippen LogP contribution < -0.4 is 5.73 Å². The third kappa shape index (κ3) is 5.32. The number of carbonyl (C=O) groups excluding carboxylic acids is 1. The summed E-state index contributed by atoms with van der Waals surface area (Å²) in [6.45, 7) is 1.90. The van der Waals surface area contributed by atoms with Crippen LogP contribution in [0.1, 0.15) is 33.5 Å². The number of anilines is 1. The van der Waals surface area contributed by atoms with Gasteiger partial charge >= 0.3 is 5.97 Å². The first-order chi connectivity index (χ1) is 15.7. The van der Waals surface area contributed by atoms with Crippen molar-refractivity contribution in [3.8, 4) is 23.3 Å². The lowest BCUT2D eigenvalue weighted by molar-refractivity contribution is -0.136. The second-order valence-electron chi connectivity index (χ2n) is 7.09. The lowest BCUT2D eigenvalue weighted by Gasteiger charge is -2.17. The smallest absolute Gasteiger partial charge is 0.304 e. The number of ketones is 1. The molecule has 1 aromatic heterocycles. The van der Waals surface area contributed by atoms with E-state index in [0.717, 1.165) is 17.3 Å². The van der Waals surface area contributed by atoms with Gasteiger partial charge in [0, 0.05) is 16.1 Å². The van der Waals surface area contributed by atoms with Gasteiger partial charge in [-0.15, -0.1) is 0 Å². The minimum absolute atomic E-state index is 0.0403. The summed E-state index contributed by atoms with van der Waals surface area (Å²) in [7, 11) is 0. The predicted molar refractivity (Wildman–Crippen MR) is 126 cm³/mol. The second-order valence-corrected chi connectivity index (χ2v) is 8.72. The number of aromatic nitrogens is 1. The fourth-order valence-electron chi connectivity index (χ4n) is 3.17. The van der Waals surface area contributed by atoms with Gasteiger partial charge in [0.15, 0.2) is 5.78 Å². The molecule has 7 nitrogen and oxygen atoms in total. The van der Waals surface area contributed by atoms with E-state index in [-0.39, 0.29) is 27.5 Å². The number of nitrogens with two attached hydrogens (primary N) is 1. The van der Waals surface area contributed by atoms with E-state index >= 15 is 0 Å². The molecule has 1 unspecified atom stereocenters. The number of nitriles is 2. The summed E-state index contributed by atoms with van der Waals surface area (Å²) >= 11 is 6.72. The lowest BCUT2D eigenvalue weighted by Crippen LogP contribution is -2.22. The zero-order valence-electron chi connectivity index (χ0n) is 17.4. The minimum Gasteiger partial charge on any atom is -0.481 e. The summed E-state index contributed by atoms with van der Waals surface area (Å²) in [4.78, 5) is 28.8. The van der Waals surface area contributed by atoms with E-state index in [0.29, 0.717) is 16.1 Å². The Balaban J connectivity index is 2.13. The molecule has 0 fully saturated rings. The number of thioether (sulfide) groups is 1. The molecule has 3 rings (SSSR count). The van der Waals surface area contributed by atoms with Crippen LogP contribution in [-0.4, -0.2) is 27.1 Å². The quantitative estimate of drug-likeness (QED) is 0.364. The number of nitrogen functional groups attached to an aromatic ring is 1. The molecule has 1 atom stereocenters. The third-order valence-electron chi connectivity index (χ3n) is 4.79. The Morgan fingerprint density at radius 3 is 2.24 bits per heavy atom. The van der Waals surface area contributed by atoms with Crippen molar-refractivity contribution in [2.24, 2.45) is 0 Å². The maximum absolute atomic E-state index is 13.1. The Labute approximate surface area is 199 Å². The molecule has 1 heterocycles. The Morgan fingerprint density at radius 2 is 1.70 bits per heavy atom. The molecule has 0 saturated heterocycles. The summed E-state index contributed by atoms with van der Waals surface area (Å²) in [6, 6.07) is 17.3. The minimum atomic E-state index is -1.19. The maximum atomic E-state index is 13.1. The zero-order chi connectivity index (χ0) is 24.1. The van der Waals surface area contributed by atoms with Gasteiger partial charge in [0.1, 0.15) is 28.5 Å². The van der Waals surface area contributed by atoms with Gasteiger partial charge in [-0.3, -0.25) is 9.59 Å². The average Bonchev–Trinajstić information content (AvgIpc) is 2.78. The molecular formula is C24H17ClN4O3S. The fraction of sp³-hybridized carbons (Fsp3) is 0.125. The van der Waals surface area contributed by atoms with E-state index < -0.39 is 23.4 Å². The summed E-state index contributed by atoms with van der Waals surface area (Å²) in [5.74, 6) is -1.75. The van der Waals surface area contributed by atoms with E-state index in [9.17, 15) is 25.2 Å². The van der Waals surface area contributed by atoms with Crippen LogP contribution in [0.3, 0.4) is 0 Å². The first-order valence-electron chi connectivity index (χ1n) is 9.64. The lowest BCUT2D eigenvalue weighted by atomic mass is 9.96. The van der Waals surface area contributed by atoms with Crippen LogP contribution in [0, 0.1) is 29.6 Å². The van der Waals surface area contributed by atoms with Crippen molar-refractivity contribution in [1.82, 2.24) is 4.98 Å². The number of carboxylic acids is 1. The highest BCUT2D eigenvalue weighted by Gasteiger charge is 2.28. The highest BCUT2D eigenvalue weighted by atomic mass is 35.5. The number of halogens is 1. The fourth-order valence-corrected chi connectivity index (χ4v) is 4.45. The van der Waals surface area contributed by atoms with Gasteiger partial charge in [0.2, 0.25) is 0 Å². The Hall–Kier alpha value is -3.85. The SMILES string of the molecule is Cc1ccc(-c2c(C#N)c(N)nc(SC(CC(=O)O)C(=O)c3ccc(Cl)cc3)c2C#N)cc1. The molecule has 0 saturated carbocycles. The number of aliphatic carboxylic acids is 1. The molecule has 0 amide bonds. The molecule has 3 N–H and O–H groups in total. The topological polar surface area (TPSA) is 141 Å². The number of nitrogens with zero attached hydrogens (tertiary/aromatic N) is 3. The number of aryl methyl sites for hydroxylation is 1. The number of carbonyl (C=O) groups is 2. The molecule has 33 heavy (non-hydrogen) atoms. The molecule has 164 valence electrons. The number of hydrogen-bond donors (Lipinski definition) is 2. The van der Waals surface area contributed by atoms with E-state index in [1.807, 2.05) is 25.1 Å². The maximum Gasteiger partial charge on any atom is 0.304 e. The van der Waals surface area contributed by atoms with E-state index in [2.05, 4.69) is 11.1 Å². The van der Waals surface area contributed by atoms with Gasteiger partial charge in [0.25, 0.3) is 0 Å². The van der Waals surface area contributed by atoms with Crippen LogP contribution in [0.25, 0.3) is 11.1 Å². The first kappa shape index (κ1) is 23.8. The number of benzene rings is 2. The van der Waals surface area contributed by atoms with Crippen molar-refractivity contribution < 1.29 is 14.7 Å². The molecule has 0 spiro atoms. The molecule has 0 aliphatic carbocycles. The monoisotopic (exact) mass is 476 g/mol. The molecule has 9 heteroatoms.